The first-order chi connectivity index (χ1) is 7.72. The summed E-state index contributed by atoms with van der Waals surface area (Å²) >= 11 is 0. The Bertz CT molecular complexity index is 450. The standard InChI is InChI=1S/C12H11F3O2/c1-11(2-3-11)8-4-7(10(16)17)5-9(6-8)12(13,14)15/h4-6H,2-3H2,1H3,(H,16,17). The number of hydrogen-bond acceptors (Lipinski definition) is 1. The minimum Gasteiger partial charge on any atom is -0.478 e. The van der Waals surface area contributed by atoms with E-state index in [0.717, 1.165) is 18.9 Å². The van der Waals surface area contributed by atoms with Gasteiger partial charge in [0.25, 0.3) is 0 Å². The van der Waals surface area contributed by atoms with Gasteiger partial charge in [-0.1, -0.05) is 6.92 Å². The molecule has 1 aromatic rings. The second-order valence-corrected chi connectivity index (χ2v) is 4.66. The molecule has 0 heterocycles. The summed E-state index contributed by atoms with van der Waals surface area (Å²) in [7, 11) is 0. The van der Waals surface area contributed by atoms with Crippen molar-refractivity contribution in [3.05, 3.63) is 34.9 Å². The fourth-order valence-corrected chi connectivity index (χ4v) is 1.74. The van der Waals surface area contributed by atoms with Crippen molar-refractivity contribution < 1.29 is 23.1 Å². The van der Waals surface area contributed by atoms with Gasteiger partial charge in [-0.3, -0.25) is 0 Å². The van der Waals surface area contributed by atoms with E-state index in [0.29, 0.717) is 11.6 Å². The van der Waals surface area contributed by atoms with E-state index in [1.807, 2.05) is 6.92 Å². The summed E-state index contributed by atoms with van der Waals surface area (Å²) < 4.78 is 37.9. The summed E-state index contributed by atoms with van der Waals surface area (Å²) in [4.78, 5) is 10.8. The van der Waals surface area contributed by atoms with Crippen LogP contribution in [-0.2, 0) is 11.6 Å². The maximum atomic E-state index is 12.6. The van der Waals surface area contributed by atoms with Gasteiger partial charge in [-0.15, -0.1) is 0 Å². The quantitative estimate of drug-likeness (QED) is 0.865. The fourth-order valence-electron chi connectivity index (χ4n) is 1.74. The highest BCUT2D eigenvalue weighted by Crippen LogP contribution is 2.48. The third-order valence-corrected chi connectivity index (χ3v) is 3.20. The number of benzene rings is 1. The normalized spacial score (nSPS) is 17.9. The molecule has 1 N–H and O–H groups in total. The first-order valence-electron chi connectivity index (χ1n) is 5.18. The van der Waals surface area contributed by atoms with Crippen LogP contribution in [0.15, 0.2) is 18.2 Å². The Morgan fingerprint density at radius 3 is 2.29 bits per heavy atom. The lowest BCUT2D eigenvalue weighted by molar-refractivity contribution is -0.137. The number of carbonyl (C=O) groups is 1. The maximum absolute atomic E-state index is 12.6. The Balaban J connectivity index is 2.54. The van der Waals surface area contributed by atoms with Crippen LogP contribution in [0.5, 0.6) is 0 Å². The Labute approximate surface area is 96.1 Å². The predicted molar refractivity (Wildman–Crippen MR) is 55.0 cm³/mol. The van der Waals surface area contributed by atoms with Gasteiger partial charge < -0.3 is 5.11 Å². The van der Waals surface area contributed by atoms with Crippen LogP contribution in [-0.4, -0.2) is 11.1 Å². The summed E-state index contributed by atoms with van der Waals surface area (Å²) in [6.07, 6.45) is -2.91. The Hall–Kier alpha value is -1.52. The van der Waals surface area contributed by atoms with Gasteiger partial charge in [0.05, 0.1) is 11.1 Å². The van der Waals surface area contributed by atoms with E-state index in [2.05, 4.69) is 0 Å². The monoisotopic (exact) mass is 244 g/mol. The molecule has 5 heteroatoms. The lowest BCUT2D eigenvalue weighted by Gasteiger charge is -2.14. The number of halogens is 3. The van der Waals surface area contributed by atoms with Gasteiger partial charge in [-0.05, 0) is 42.0 Å². The highest BCUT2D eigenvalue weighted by Gasteiger charge is 2.41. The van der Waals surface area contributed by atoms with Crippen LogP contribution in [0.4, 0.5) is 13.2 Å². The highest BCUT2D eigenvalue weighted by molar-refractivity contribution is 5.88. The molecule has 1 saturated carbocycles. The highest BCUT2D eigenvalue weighted by atomic mass is 19.4. The summed E-state index contributed by atoms with van der Waals surface area (Å²) in [6, 6.07) is 3.07. The molecule has 0 radical (unpaired) electrons. The van der Waals surface area contributed by atoms with Gasteiger partial charge in [0.1, 0.15) is 0 Å². The summed E-state index contributed by atoms with van der Waals surface area (Å²) in [5.74, 6) is -1.33. The minimum atomic E-state index is -4.51. The first-order valence-corrected chi connectivity index (χ1v) is 5.18. The van der Waals surface area contributed by atoms with Gasteiger partial charge in [-0.25, -0.2) is 4.79 Å². The number of carboxylic acids is 1. The second-order valence-electron chi connectivity index (χ2n) is 4.66. The molecule has 0 spiro atoms. The van der Waals surface area contributed by atoms with Crippen LogP contribution in [0.25, 0.3) is 0 Å². The third-order valence-electron chi connectivity index (χ3n) is 3.20. The van der Waals surface area contributed by atoms with Gasteiger partial charge in [-0.2, -0.15) is 13.2 Å². The molecule has 2 nitrogen and oxygen atoms in total. The molecule has 0 amide bonds. The summed E-state index contributed by atoms with van der Waals surface area (Å²) in [5.41, 5.74) is -1.01. The van der Waals surface area contributed by atoms with Crippen LogP contribution < -0.4 is 0 Å². The van der Waals surface area contributed by atoms with E-state index in [-0.39, 0.29) is 11.0 Å². The fraction of sp³-hybridized carbons (Fsp3) is 0.417. The van der Waals surface area contributed by atoms with Crippen molar-refractivity contribution in [3.63, 3.8) is 0 Å². The average molecular weight is 244 g/mol. The molecule has 0 unspecified atom stereocenters. The predicted octanol–water partition coefficient (Wildman–Crippen LogP) is 3.46. The molecule has 92 valence electrons. The van der Waals surface area contributed by atoms with Crippen molar-refractivity contribution >= 4 is 5.97 Å². The van der Waals surface area contributed by atoms with Crippen LogP contribution in [0.3, 0.4) is 0 Å². The number of hydrogen-bond donors (Lipinski definition) is 1. The van der Waals surface area contributed by atoms with Gasteiger partial charge in [0.2, 0.25) is 0 Å². The van der Waals surface area contributed by atoms with Gasteiger partial charge in [0, 0.05) is 0 Å². The molecule has 1 fully saturated rings. The Morgan fingerprint density at radius 1 is 1.29 bits per heavy atom. The number of alkyl halides is 3. The molecule has 0 aliphatic heterocycles. The smallest absolute Gasteiger partial charge is 0.416 e. The molecule has 1 aliphatic carbocycles. The van der Waals surface area contributed by atoms with Crippen molar-refractivity contribution in [2.75, 3.05) is 0 Å². The van der Waals surface area contributed by atoms with Gasteiger partial charge in [0.15, 0.2) is 0 Å². The number of rotatable bonds is 2. The van der Waals surface area contributed by atoms with Crippen molar-refractivity contribution in [2.24, 2.45) is 0 Å². The Morgan fingerprint density at radius 2 is 1.88 bits per heavy atom. The molecular formula is C12H11F3O2. The molecule has 1 aliphatic rings. The van der Waals surface area contributed by atoms with Crippen LogP contribution >= 0.6 is 0 Å². The molecule has 0 bridgehead atoms. The first kappa shape index (κ1) is 12.0. The summed E-state index contributed by atoms with van der Waals surface area (Å²) in [5, 5.41) is 8.82. The van der Waals surface area contributed by atoms with Crippen LogP contribution in [0.1, 0.15) is 41.3 Å². The van der Waals surface area contributed by atoms with E-state index in [4.69, 9.17) is 5.11 Å². The molecule has 0 aromatic heterocycles. The molecule has 0 atom stereocenters. The van der Waals surface area contributed by atoms with E-state index in [1.165, 1.54) is 6.07 Å². The topological polar surface area (TPSA) is 37.3 Å². The SMILES string of the molecule is CC1(c2cc(C(=O)O)cc(C(F)(F)F)c2)CC1. The minimum absolute atomic E-state index is 0.286. The maximum Gasteiger partial charge on any atom is 0.416 e. The summed E-state index contributed by atoms with van der Waals surface area (Å²) in [6.45, 7) is 1.84. The van der Waals surface area contributed by atoms with Crippen molar-refractivity contribution in [1.29, 1.82) is 0 Å². The van der Waals surface area contributed by atoms with Crippen molar-refractivity contribution in [2.45, 2.75) is 31.4 Å². The third kappa shape index (κ3) is 2.28. The second kappa shape index (κ2) is 3.48. The molecule has 1 aromatic carbocycles. The lowest BCUT2D eigenvalue weighted by atomic mass is 9.94. The molecule has 2 rings (SSSR count). The largest absolute Gasteiger partial charge is 0.478 e. The Kier molecular flexibility index (Phi) is 2.45. The van der Waals surface area contributed by atoms with E-state index in [9.17, 15) is 18.0 Å². The van der Waals surface area contributed by atoms with Crippen LogP contribution in [0, 0.1) is 0 Å². The van der Waals surface area contributed by atoms with Crippen molar-refractivity contribution in [1.82, 2.24) is 0 Å². The molecule has 17 heavy (non-hydrogen) atoms. The van der Waals surface area contributed by atoms with Gasteiger partial charge >= 0.3 is 12.1 Å². The van der Waals surface area contributed by atoms with Crippen LogP contribution in [0.2, 0.25) is 0 Å². The van der Waals surface area contributed by atoms with Crippen molar-refractivity contribution in [3.8, 4) is 0 Å². The zero-order valence-electron chi connectivity index (χ0n) is 9.14. The zero-order chi connectivity index (χ0) is 12.8. The number of carboxylic acid groups (broad SMARTS) is 1. The van der Waals surface area contributed by atoms with E-state index < -0.39 is 17.7 Å². The zero-order valence-corrected chi connectivity index (χ0v) is 9.14. The number of aromatic carboxylic acids is 1. The van der Waals surface area contributed by atoms with E-state index in [1.54, 1.807) is 0 Å². The average Bonchev–Trinajstić information content (AvgIpc) is 2.96. The molecule has 0 saturated heterocycles. The lowest BCUT2D eigenvalue weighted by Crippen LogP contribution is -2.11. The van der Waals surface area contributed by atoms with E-state index >= 15 is 0 Å². The molecular weight excluding hydrogens is 233 g/mol.